The van der Waals surface area contributed by atoms with Crippen molar-refractivity contribution >= 4 is 34.3 Å². The Balaban J connectivity index is 1.57. The summed E-state index contributed by atoms with van der Waals surface area (Å²) in [5.74, 6) is -1.15. The lowest BCUT2D eigenvalue weighted by molar-refractivity contribution is -0.146. The summed E-state index contributed by atoms with van der Waals surface area (Å²) in [6.07, 6.45) is 0.252. The molecule has 1 amide bonds. The van der Waals surface area contributed by atoms with Gasteiger partial charge in [0.15, 0.2) is 6.10 Å². The molecule has 8 nitrogen and oxygen atoms in total. The number of hydrogen-bond acceptors (Lipinski definition) is 6. The number of Topliss-reactive ketones (excluding diaryl/α,β-unsaturated/α-hetero) is 1. The third-order valence-corrected chi connectivity index (χ3v) is 4.93. The third kappa shape index (κ3) is 5.46. The largest absolute Gasteiger partial charge is 0.454 e. The molecule has 1 atom stereocenters. The number of anilines is 1. The molecule has 1 heterocycles. The minimum absolute atomic E-state index is 0.00233. The summed E-state index contributed by atoms with van der Waals surface area (Å²) in [5.41, 5.74) is 1.40. The fourth-order valence-corrected chi connectivity index (χ4v) is 3.09. The van der Waals surface area contributed by atoms with Gasteiger partial charge in [-0.05, 0) is 43.3 Å². The van der Waals surface area contributed by atoms with Crippen LogP contribution >= 0.6 is 0 Å². The molecule has 0 saturated heterocycles. The van der Waals surface area contributed by atoms with E-state index in [1.165, 1.54) is 13.1 Å². The Morgan fingerprint density at radius 2 is 1.72 bits per heavy atom. The summed E-state index contributed by atoms with van der Waals surface area (Å²) < 4.78 is 6.85. The van der Waals surface area contributed by atoms with Crippen LogP contribution in [0.25, 0.3) is 10.9 Å². The van der Waals surface area contributed by atoms with E-state index in [9.17, 15) is 19.2 Å². The number of carbonyl (C=O) groups excluding carboxylic acids is 3. The number of amides is 1. The van der Waals surface area contributed by atoms with E-state index < -0.39 is 12.1 Å². The van der Waals surface area contributed by atoms with Gasteiger partial charge in [-0.25, -0.2) is 0 Å². The highest BCUT2D eigenvalue weighted by Gasteiger charge is 2.20. The molecule has 2 aromatic carbocycles. The topological polar surface area (TPSA) is 107 Å². The van der Waals surface area contributed by atoms with E-state index in [0.717, 1.165) is 0 Å². The first kappa shape index (κ1) is 22.9. The molecule has 0 bridgehead atoms. The molecule has 0 spiro atoms. The minimum Gasteiger partial charge on any atom is -0.454 e. The van der Waals surface area contributed by atoms with Crippen LogP contribution in [0, 0.1) is 5.92 Å². The molecule has 0 fully saturated rings. The zero-order chi connectivity index (χ0) is 23.3. The molecule has 0 radical (unpaired) electrons. The van der Waals surface area contributed by atoms with Crippen LogP contribution in [0.4, 0.5) is 5.69 Å². The number of nitrogens with one attached hydrogen (secondary N) is 1. The maximum Gasteiger partial charge on any atom is 0.308 e. The average Bonchev–Trinajstić information content (AvgIpc) is 2.78. The Labute approximate surface area is 185 Å². The van der Waals surface area contributed by atoms with E-state index in [2.05, 4.69) is 10.4 Å². The van der Waals surface area contributed by atoms with Crippen LogP contribution < -0.4 is 10.7 Å². The van der Waals surface area contributed by atoms with Crippen LogP contribution in [-0.2, 0) is 20.9 Å². The molecule has 1 aromatic heterocycles. The number of para-hydroxylation sites is 1. The Bertz CT molecular complexity index is 1200. The first-order valence-corrected chi connectivity index (χ1v) is 10.4. The molecule has 0 saturated carbocycles. The van der Waals surface area contributed by atoms with Crippen molar-refractivity contribution in [1.29, 1.82) is 0 Å². The van der Waals surface area contributed by atoms with E-state index in [4.69, 9.17) is 4.74 Å². The molecule has 0 unspecified atom stereocenters. The van der Waals surface area contributed by atoms with E-state index in [1.807, 2.05) is 0 Å². The van der Waals surface area contributed by atoms with Gasteiger partial charge in [-0.3, -0.25) is 23.9 Å². The van der Waals surface area contributed by atoms with Gasteiger partial charge in [0.25, 0.3) is 0 Å². The average molecular weight is 435 g/mol. The van der Waals surface area contributed by atoms with Crippen LogP contribution in [0.5, 0.6) is 0 Å². The molecule has 8 heteroatoms. The number of fused-ring (bicyclic) bond motifs is 1. The number of ether oxygens (including phenoxy) is 1. The van der Waals surface area contributed by atoms with Crippen molar-refractivity contribution in [1.82, 2.24) is 9.78 Å². The van der Waals surface area contributed by atoms with Gasteiger partial charge < -0.3 is 10.1 Å². The number of carbonyl (C=O) groups is 3. The number of aromatic nitrogens is 2. The molecule has 0 aliphatic rings. The van der Waals surface area contributed by atoms with Gasteiger partial charge in [0.1, 0.15) is 0 Å². The molecule has 32 heavy (non-hydrogen) atoms. The normalized spacial score (nSPS) is 11.9. The lowest BCUT2D eigenvalue weighted by Crippen LogP contribution is -2.25. The second kappa shape index (κ2) is 10.00. The van der Waals surface area contributed by atoms with E-state index in [0.29, 0.717) is 22.2 Å². The van der Waals surface area contributed by atoms with Crippen LogP contribution in [0.3, 0.4) is 0 Å². The summed E-state index contributed by atoms with van der Waals surface area (Å²) in [5, 5.41) is 7.35. The van der Waals surface area contributed by atoms with Crippen LogP contribution in [0.2, 0.25) is 0 Å². The summed E-state index contributed by atoms with van der Waals surface area (Å²) >= 11 is 0. The number of rotatable bonds is 8. The zero-order valence-electron chi connectivity index (χ0n) is 18.2. The van der Waals surface area contributed by atoms with Gasteiger partial charge in [0, 0.05) is 22.6 Å². The van der Waals surface area contributed by atoms with Gasteiger partial charge in [-0.1, -0.05) is 26.0 Å². The van der Waals surface area contributed by atoms with Gasteiger partial charge in [-0.2, -0.15) is 5.10 Å². The van der Waals surface area contributed by atoms with Crippen molar-refractivity contribution < 1.29 is 19.1 Å². The lowest BCUT2D eigenvalue weighted by atomic mass is 10.1. The molecule has 3 rings (SSSR count). The smallest absolute Gasteiger partial charge is 0.308 e. The second-order valence-electron chi connectivity index (χ2n) is 7.72. The van der Waals surface area contributed by atoms with Gasteiger partial charge >= 0.3 is 5.97 Å². The highest BCUT2D eigenvalue weighted by molar-refractivity contribution is 6.01. The van der Waals surface area contributed by atoms with Crippen molar-refractivity contribution in [2.24, 2.45) is 5.92 Å². The number of hydrogen-bond donors (Lipinski definition) is 1. The van der Waals surface area contributed by atoms with Gasteiger partial charge in [0.2, 0.25) is 17.1 Å². The summed E-state index contributed by atoms with van der Waals surface area (Å²) in [7, 11) is 0. The van der Waals surface area contributed by atoms with Crippen molar-refractivity contribution in [2.45, 2.75) is 39.8 Å². The molecule has 0 aliphatic heterocycles. The molecule has 0 aliphatic carbocycles. The Hall–Kier alpha value is -3.81. The maximum atomic E-state index is 12.6. The number of esters is 1. The quantitative estimate of drug-likeness (QED) is 0.430. The fourth-order valence-electron chi connectivity index (χ4n) is 3.09. The predicted molar refractivity (Wildman–Crippen MR) is 120 cm³/mol. The number of aryl methyl sites for hydroxylation is 1. The molecular weight excluding hydrogens is 410 g/mol. The van der Waals surface area contributed by atoms with Crippen LogP contribution in [0.1, 0.15) is 37.6 Å². The highest BCUT2D eigenvalue weighted by Crippen LogP contribution is 2.14. The van der Waals surface area contributed by atoms with Crippen molar-refractivity contribution in [2.75, 3.05) is 5.32 Å². The van der Waals surface area contributed by atoms with E-state index >= 15 is 0 Å². The van der Waals surface area contributed by atoms with E-state index in [-0.39, 0.29) is 36.0 Å². The molecular formula is C24H25N3O5. The standard InChI is InChI=1S/C24H25N3O5/c1-15(2)24(31)26-18-10-8-17(9-11-18)23(30)16(3)32-22(29)12-13-27-20-7-5-4-6-19(20)21(28)14-25-27/h4-11,14-16H,12-13H2,1-3H3,(H,26,31)/t16-/m0/s1. The summed E-state index contributed by atoms with van der Waals surface area (Å²) in [6.45, 7) is 5.31. The monoisotopic (exact) mass is 435 g/mol. The molecule has 166 valence electrons. The third-order valence-electron chi connectivity index (χ3n) is 4.93. The number of nitrogens with zero attached hydrogens (tertiary/aromatic N) is 2. The van der Waals surface area contributed by atoms with Gasteiger partial charge in [-0.15, -0.1) is 0 Å². The lowest BCUT2D eigenvalue weighted by Gasteiger charge is -2.14. The summed E-state index contributed by atoms with van der Waals surface area (Å²) in [4.78, 5) is 48.5. The second-order valence-corrected chi connectivity index (χ2v) is 7.72. The summed E-state index contributed by atoms with van der Waals surface area (Å²) in [6, 6.07) is 13.4. The van der Waals surface area contributed by atoms with Crippen LogP contribution in [0.15, 0.2) is 59.5 Å². The van der Waals surface area contributed by atoms with Crippen molar-refractivity contribution in [3.8, 4) is 0 Å². The number of ketones is 1. The zero-order valence-corrected chi connectivity index (χ0v) is 18.2. The Morgan fingerprint density at radius 3 is 2.41 bits per heavy atom. The number of benzene rings is 2. The molecule has 3 aromatic rings. The van der Waals surface area contributed by atoms with Crippen molar-refractivity contribution in [3.63, 3.8) is 0 Å². The Morgan fingerprint density at radius 1 is 1.03 bits per heavy atom. The predicted octanol–water partition coefficient (Wildman–Crippen LogP) is 3.20. The minimum atomic E-state index is -0.961. The maximum absolute atomic E-state index is 12.6. The van der Waals surface area contributed by atoms with Crippen molar-refractivity contribution in [3.05, 3.63) is 70.5 Å². The fraction of sp³-hybridized carbons (Fsp3) is 0.292. The van der Waals surface area contributed by atoms with Crippen LogP contribution in [-0.4, -0.2) is 33.5 Å². The highest BCUT2D eigenvalue weighted by atomic mass is 16.5. The first-order valence-electron chi connectivity index (χ1n) is 10.4. The van der Waals surface area contributed by atoms with Gasteiger partial charge in [0.05, 0.1) is 24.7 Å². The molecule has 1 N–H and O–H groups in total. The SMILES string of the molecule is CC(C)C(=O)Nc1ccc(C(=O)[C@H](C)OC(=O)CCn2ncc(=O)c3ccccc32)cc1. The first-order chi connectivity index (χ1) is 15.3. The Kier molecular flexibility index (Phi) is 7.14. The van der Waals surface area contributed by atoms with E-state index in [1.54, 1.807) is 67.1 Å².